The number of allylic oxidation sites excluding steroid dienone is 1. The molecule has 0 nitrogen and oxygen atoms in total. The Labute approximate surface area is 107 Å². The predicted octanol–water partition coefficient (Wildman–Crippen LogP) is 4.61. The molecule has 2 aromatic carbocycles. The van der Waals surface area contributed by atoms with Gasteiger partial charge in [-0.05, 0) is 29.2 Å². The number of hydrogen-bond acceptors (Lipinski definition) is 0. The Kier molecular flexibility index (Phi) is 2.74. The van der Waals surface area contributed by atoms with E-state index in [0.29, 0.717) is 5.92 Å². The summed E-state index contributed by atoms with van der Waals surface area (Å²) in [4.78, 5) is 0. The molecule has 0 N–H and O–H groups in total. The number of benzene rings is 2. The SMILES string of the molecule is ClC1=Cc2ccccc2C1Cc1ccccc1. The van der Waals surface area contributed by atoms with Gasteiger partial charge >= 0.3 is 0 Å². The first-order valence-corrected chi connectivity index (χ1v) is 6.22. The first-order valence-electron chi connectivity index (χ1n) is 5.84. The Morgan fingerprint density at radius 2 is 1.59 bits per heavy atom. The van der Waals surface area contributed by atoms with Crippen LogP contribution in [0.25, 0.3) is 6.08 Å². The quantitative estimate of drug-likeness (QED) is 0.719. The Bertz CT molecular complexity index is 555. The molecule has 17 heavy (non-hydrogen) atoms. The van der Waals surface area contributed by atoms with Gasteiger partial charge in [0.25, 0.3) is 0 Å². The summed E-state index contributed by atoms with van der Waals surface area (Å²) in [7, 11) is 0. The van der Waals surface area contributed by atoms with Crippen LogP contribution in [0.1, 0.15) is 22.6 Å². The molecule has 0 heterocycles. The minimum absolute atomic E-state index is 0.329. The molecule has 0 aliphatic heterocycles. The predicted molar refractivity (Wildman–Crippen MR) is 73.2 cm³/mol. The Morgan fingerprint density at radius 3 is 2.41 bits per heavy atom. The van der Waals surface area contributed by atoms with Crippen LogP contribution in [0.2, 0.25) is 0 Å². The van der Waals surface area contributed by atoms with E-state index in [1.807, 2.05) is 6.07 Å². The largest absolute Gasteiger partial charge is 0.0884 e. The average molecular weight is 241 g/mol. The lowest BCUT2D eigenvalue weighted by Crippen LogP contribution is -2.00. The third kappa shape index (κ3) is 2.01. The summed E-state index contributed by atoms with van der Waals surface area (Å²) in [5, 5.41) is 0.954. The molecule has 1 aliphatic carbocycles. The van der Waals surface area contributed by atoms with Crippen molar-refractivity contribution in [3.05, 3.63) is 76.3 Å². The van der Waals surface area contributed by atoms with Gasteiger partial charge < -0.3 is 0 Å². The number of fused-ring (bicyclic) bond motifs is 1. The van der Waals surface area contributed by atoms with Gasteiger partial charge in [-0.2, -0.15) is 0 Å². The molecule has 0 fully saturated rings. The fourth-order valence-electron chi connectivity index (χ4n) is 2.41. The molecule has 1 aliphatic rings. The molecule has 1 atom stereocenters. The van der Waals surface area contributed by atoms with Crippen molar-refractivity contribution in [1.29, 1.82) is 0 Å². The van der Waals surface area contributed by atoms with Gasteiger partial charge in [-0.3, -0.25) is 0 Å². The summed E-state index contributed by atoms with van der Waals surface area (Å²) in [5.41, 5.74) is 3.94. The highest BCUT2D eigenvalue weighted by atomic mass is 35.5. The molecule has 0 spiro atoms. The second kappa shape index (κ2) is 4.38. The molecule has 1 unspecified atom stereocenters. The van der Waals surface area contributed by atoms with E-state index in [4.69, 9.17) is 11.6 Å². The molecule has 84 valence electrons. The molecule has 0 saturated carbocycles. The Hall–Kier alpha value is -1.53. The summed E-state index contributed by atoms with van der Waals surface area (Å²) in [6, 6.07) is 19.0. The summed E-state index contributed by atoms with van der Waals surface area (Å²) in [6.07, 6.45) is 3.07. The summed E-state index contributed by atoms with van der Waals surface area (Å²) in [6.45, 7) is 0. The van der Waals surface area contributed by atoms with Gasteiger partial charge in [-0.15, -0.1) is 0 Å². The van der Waals surface area contributed by atoms with Gasteiger partial charge in [0.2, 0.25) is 0 Å². The first kappa shape index (κ1) is 10.6. The van der Waals surface area contributed by atoms with E-state index in [0.717, 1.165) is 11.5 Å². The minimum atomic E-state index is 0.329. The maximum atomic E-state index is 6.35. The zero-order valence-electron chi connectivity index (χ0n) is 9.44. The number of hydrogen-bond donors (Lipinski definition) is 0. The highest BCUT2D eigenvalue weighted by Gasteiger charge is 2.23. The highest BCUT2D eigenvalue weighted by molar-refractivity contribution is 6.33. The normalized spacial score (nSPS) is 17.7. The third-order valence-electron chi connectivity index (χ3n) is 3.28. The lowest BCUT2D eigenvalue weighted by atomic mass is 9.94. The van der Waals surface area contributed by atoms with Crippen molar-refractivity contribution in [2.75, 3.05) is 0 Å². The van der Waals surface area contributed by atoms with Gasteiger partial charge in [-0.1, -0.05) is 66.2 Å². The van der Waals surface area contributed by atoms with Crippen LogP contribution in [0.4, 0.5) is 0 Å². The van der Waals surface area contributed by atoms with Crippen LogP contribution >= 0.6 is 11.6 Å². The molecular formula is C16H13Cl. The Morgan fingerprint density at radius 1 is 0.882 bits per heavy atom. The van der Waals surface area contributed by atoms with Crippen molar-refractivity contribution >= 4 is 17.7 Å². The second-order valence-corrected chi connectivity index (χ2v) is 4.84. The Balaban J connectivity index is 1.93. The van der Waals surface area contributed by atoms with Crippen LogP contribution < -0.4 is 0 Å². The van der Waals surface area contributed by atoms with Gasteiger partial charge in [0.1, 0.15) is 0 Å². The summed E-state index contributed by atoms with van der Waals surface area (Å²) in [5.74, 6) is 0.329. The zero-order valence-corrected chi connectivity index (χ0v) is 10.2. The third-order valence-corrected chi connectivity index (χ3v) is 3.65. The molecule has 0 aromatic heterocycles. The first-order chi connectivity index (χ1) is 8.34. The van der Waals surface area contributed by atoms with E-state index >= 15 is 0 Å². The van der Waals surface area contributed by atoms with Crippen LogP contribution in [0.3, 0.4) is 0 Å². The second-order valence-electron chi connectivity index (χ2n) is 4.40. The average Bonchev–Trinajstić information content (AvgIpc) is 2.68. The van der Waals surface area contributed by atoms with Crippen molar-refractivity contribution in [2.45, 2.75) is 12.3 Å². The minimum Gasteiger partial charge on any atom is -0.0884 e. The van der Waals surface area contributed by atoms with Crippen LogP contribution in [0.15, 0.2) is 59.6 Å². The van der Waals surface area contributed by atoms with Gasteiger partial charge in [0.05, 0.1) is 0 Å². The van der Waals surface area contributed by atoms with Crippen LogP contribution in [0, 0.1) is 0 Å². The smallest absolute Gasteiger partial charge is 0.0265 e. The van der Waals surface area contributed by atoms with Gasteiger partial charge in [0.15, 0.2) is 0 Å². The molecule has 1 heteroatoms. The molecule has 0 saturated heterocycles. The molecular weight excluding hydrogens is 228 g/mol. The lowest BCUT2D eigenvalue weighted by Gasteiger charge is -2.13. The lowest BCUT2D eigenvalue weighted by molar-refractivity contribution is 0.837. The van der Waals surface area contributed by atoms with Crippen molar-refractivity contribution in [1.82, 2.24) is 0 Å². The number of halogens is 1. The van der Waals surface area contributed by atoms with Crippen LogP contribution in [0.5, 0.6) is 0 Å². The molecule has 3 rings (SSSR count). The maximum Gasteiger partial charge on any atom is 0.0265 e. The zero-order chi connectivity index (χ0) is 11.7. The number of rotatable bonds is 2. The summed E-state index contributed by atoms with van der Waals surface area (Å²) >= 11 is 6.35. The van der Waals surface area contributed by atoms with Crippen LogP contribution in [-0.2, 0) is 6.42 Å². The molecule has 0 amide bonds. The molecule has 0 radical (unpaired) electrons. The van der Waals surface area contributed by atoms with Crippen molar-refractivity contribution < 1.29 is 0 Å². The highest BCUT2D eigenvalue weighted by Crippen LogP contribution is 2.40. The van der Waals surface area contributed by atoms with Crippen molar-refractivity contribution in [2.24, 2.45) is 0 Å². The van der Waals surface area contributed by atoms with Crippen molar-refractivity contribution in [3.63, 3.8) is 0 Å². The fraction of sp³-hybridized carbons (Fsp3) is 0.125. The van der Waals surface area contributed by atoms with Crippen LogP contribution in [-0.4, -0.2) is 0 Å². The van der Waals surface area contributed by atoms with E-state index in [-0.39, 0.29) is 0 Å². The van der Waals surface area contributed by atoms with E-state index in [9.17, 15) is 0 Å². The molecule has 2 aromatic rings. The standard InChI is InChI=1S/C16H13Cl/c17-16-11-13-8-4-5-9-14(13)15(16)10-12-6-2-1-3-7-12/h1-9,11,15H,10H2. The summed E-state index contributed by atoms with van der Waals surface area (Å²) < 4.78 is 0. The van der Waals surface area contributed by atoms with E-state index in [2.05, 4.69) is 54.6 Å². The molecule has 0 bridgehead atoms. The van der Waals surface area contributed by atoms with E-state index < -0.39 is 0 Å². The van der Waals surface area contributed by atoms with E-state index in [1.165, 1.54) is 16.7 Å². The fourth-order valence-corrected chi connectivity index (χ4v) is 2.73. The van der Waals surface area contributed by atoms with Gasteiger partial charge in [-0.25, -0.2) is 0 Å². The maximum absolute atomic E-state index is 6.35. The van der Waals surface area contributed by atoms with E-state index in [1.54, 1.807) is 0 Å². The topological polar surface area (TPSA) is 0 Å². The van der Waals surface area contributed by atoms with Gasteiger partial charge in [0, 0.05) is 11.0 Å². The monoisotopic (exact) mass is 240 g/mol. The van der Waals surface area contributed by atoms with Crippen molar-refractivity contribution in [3.8, 4) is 0 Å².